The predicted octanol–water partition coefficient (Wildman–Crippen LogP) is 1.99. The number of aliphatic imine (C=N–C) groups is 1. The van der Waals surface area contributed by atoms with Crippen molar-refractivity contribution in [2.75, 3.05) is 6.54 Å². The molecular formula is C8H14IN3S. The van der Waals surface area contributed by atoms with Crippen molar-refractivity contribution in [3.05, 3.63) is 16.1 Å². The van der Waals surface area contributed by atoms with E-state index in [0.29, 0.717) is 5.84 Å². The number of aromatic nitrogens is 1. The first-order valence-electron chi connectivity index (χ1n) is 3.86. The Morgan fingerprint density at radius 2 is 2.38 bits per heavy atom. The van der Waals surface area contributed by atoms with E-state index in [1.54, 1.807) is 18.3 Å². The molecule has 0 aromatic carbocycles. The van der Waals surface area contributed by atoms with Gasteiger partial charge in [-0.25, -0.2) is 4.98 Å². The summed E-state index contributed by atoms with van der Waals surface area (Å²) in [5, 5.41) is 1.11. The zero-order valence-corrected chi connectivity index (χ0v) is 10.9. The minimum atomic E-state index is 0. The number of hydrogen-bond donors (Lipinski definition) is 1. The third-order valence-electron chi connectivity index (χ3n) is 1.39. The van der Waals surface area contributed by atoms with Crippen molar-refractivity contribution < 1.29 is 0 Å². The molecule has 0 radical (unpaired) electrons. The van der Waals surface area contributed by atoms with Gasteiger partial charge in [0, 0.05) is 24.0 Å². The zero-order valence-electron chi connectivity index (χ0n) is 7.78. The highest BCUT2D eigenvalue weighted by Gasteiger charge is 1.96. The van der Waals surface area contributed by atoms with E-state index in [2.05, 4.69) is 9.98 Å². The van der Waals surface area contributed by atoms with Gasteiger partial charge in [0.05, 0.1) is 10.8 Å². The van der Waals surface area contributed by atoms with E-state index in [0.717, 1.165) is 18.0 Å². The molecule has 0 atom stereocenters. The van der Waals surface area contributed by atoms with E-state index < -0.39 is 0 Å². The van der Waals surface area contributed by atoms with Crippen LogP contribution in [0.1, 0.15) is 16.8 Å². The summed E-state index contributed by atoms with van der Waals surface area (Å²) in [5.41, 5.74) is 5.40. The number of thiazole rings is 1. The summed E-state index contributed by atoms with van der Waals surface area (Å²) >= 11 is 1.72. The molecule has 1 rings (SSSR count). The normalized spacial score (nSPS) is 11.1. The van der Waals surface area contributed by atoms with E-state index in [1.165, 1.54) is 4.88 Å². The Balaban J connectivity index is 0.00000144. The van der Waals surface area contributed by atoms with Crippen molar-refractivity contribution >= 4 is 41.1 Å². The van der Waals surface area contributed by atoms with Crippen LogP contribution in [0.2, 0.25) is 0 Å². The first-order valence-corrected chi connectivity index (χ1v) is 4.68. The number of hydrogen-bond acceptors (Lipinski definition) is 3. The number of halogens is 1. The fraction of sp³-hybridized carbons (Fsp3) is 0.500. The van der Waals surface area contributed by atoms with Crippen LogP contribution < -0.4 is 5.73 Å². The van der Waals surface area contributed by atoms with Crippen LogP contribution in [0.4, 0.5) is 0 Å². The maximum Gasteiger partial charge on any atom is 0.0905 e. The number of amidine groups is 1. The Kier molecular flexibility index (Phi) is 6.23. The molecule has 0 unspecified atom stereocenters. The molecule has 1 aromatic rings. The van der Waals surface area contributed by atoms with E-state index in [4.69, 9.17) is 5.73 Å². The van der Waals surface area contributed by atoms with Gasteiger partial charge >= 0.3 is 0 Å². The van der Waals surface area contributed by atoms with Gasteiger partial charge in [-0.1, -0.05) is 0 Å². The molecule has 0 aliphatic carbocycles. The molecule has 74 valence electrons. The first kappa shape index (κ1) is 12.8. The lowest BCUT2D eigenvalue weighted by atomic mass is 10.4. The summed E-state index contributed by atoms with van der Waals surface area (Å²) in [5.74, 6) is 0.649. The highest BCUT2D eigenvalue weighted by atomic mass is 127. The Bertz CT molecular complexity index is 279. The largest absolute Gasteiger partial charge is 0.388 e. The Hall–Kier alpha value is -0.170. The van der Waals surface area contributed by atoms with Crippen molar-refractivity contribution in [1.29, 1.82) is 0 Å². The minimum Gasteiger partial charge on any atom is -0.388 e. The molecule has 0 saturated heterocycles. The maximum absolute atomic E-state index is 5.40. The molecule has 0 bridgehead atoms. The summed E-state index contributed by atoms with van der Waals surface area (Å²) in [7, 11) is 0. The topological polar surface area (TPSA) is 51.3 Å². The van der Waals surface area contributed by atoms with E-state index in [1.807, 2.05) is 13.1 Å². The molecule has 0 amide bonds. The lowest BCUT2D eigenvalue weighted by Crippen LogP contribution is -2.06. The average molecular weight is 311 g/mol. The maximum atomic E-state index is 5.40. The highest BCUT2D eigenvalue weighted by Crippen LogP contribution is 2.11. The molecule has 0 saturated carbocycles. The lowest BCUT2D eigenvalue weighted by Gasteiger charge is -1.91. The summed E-state index contributed by atoms with van der Waals surface area (Å²) in [6.07, 6.45) is 2.85. The number of nitrogens with zero attached hydrogens (tertiary/aromatic N) is 2. The molecule has 0 aliphatic rings. The van der Waals surface area contributed by atoms with Gasteiger partial charge in [0.25, 0.3) is 0 Å². The molecule has 1 aromatic heterocycles. The van der Waals surface area contributed by atoms with Crippen LogP contribution in [-0.4, -0.2) is 17.4 Å². The molecule has 2 N–H and O–H groups in total. The average Bonchev–Trinajstić information content (AvgIpc) is 2.35. The van der Waals surface area contributed by atoms with Gasteiger partial charge in [0.1, 0.15) is 0 Å². The predicted molar refractivity (Wildman–Crippen MR) is 68.1 cm³/mol. The lowest BCUT2D eigenvalue weighted by molar-refractivity contribution is 0.978. The van der Waals surface area contributed by atoms with Crippen molar-refractivity contribution in [1.82, 2.24) is 4.98 Å². The zero-order chi connectivity index (χ0) is 8.97. The molecule has 5 heteroatoms. The summed E-state index contributed by atoms with van der Waals surface area (Å²) in [6, 6.07) is 0. The fourth-order valence-electron chi connectivity index (χ4n) is 0.863. The van der Waals surface area contributed by atoms with Crippen molar-refractivity contribution in [2.45, 2.75) is 20.3 Å². The van der Waals surface area contributed by atoms with Gasteiger partial charge in [-0.2, -0.15) is 0 Å². The van der Waals surface area contributed by atoms with Crippen LogP contribution in [0.15, 0.2) is 11.2 Å². The van der Waals surface area contributed by atoms with Crippen LogP contribution in [0.3, 0.4) is 0 Å². The van der Waals surface area contributed by atoms with E-state index >= 15 is 0 Å². The van der Waals surface area contributed by atoms with Gasteiger partial charge in [-0.05, 0) is 13.8 Å². The highest BCUT2D eigenvalue weighted by molar-refractivity contribution is 14.0. The molecule has 0 aliphatic heterocycles. The smallest absolute Gasteiger partial charge is 0.0905 e. The van der Waals surface area contributed by atoms with Gasteiger partial charge < -0.3 is 5.73 Å². The van der Waals surface area contributed by atoms with Gasteiger partial charge in [-0.3, -0.25) is 4.99 Å². The minimum absolute atomic E-state index is 0. The standard InChI is InChI=1S/C8H13N3S.HI/c1-6(9)10-4-3-8-5-11-7(2)12-8;/h5H,3-4H2,1-2H3,(H2,9,10);1H. The summed E-state index contributed by atoms with van der Waals surface area (Å²) in [4.78, 5) is 9.53. The van der Waals surface area contributed by atoms with E-state index in [9.17, 15) is 0 Å². The van der Waals surface area contributed by atoms with Crippen LogP contribution in [0, 0.1) is 6.92 Å². The van der Waals surface area contributed by atoms with Crippen molar-refractivity contribution in [3.8, 4) is 0 Å². The quantitative estimate of drug-likeness (QED) is 0.527. The van der Waals surface area contributed by atoms with Crippen LogP contribution in [-0.2, 0) is 6.42 Å². The van der Waals surface area contributed by atoms with Gasteiger partial charge in [0.2, 0.25) is 0 Å². The Morgan fingerprint density at radius 1 is 1.69 bits per heavy atom. The first-order chi connectivity index (χ1) is 5.68. The SMILES string of the molecule is CC(N)=NCCc1cnc(C)s1.I. The third-order valence-corrected chi connectivity index (χ3v) is 2.36. The molecule has 13 heavy (non-hydrogen) atoms. The van der Waals surface area contributed by atoms with Crippen LogP contribution in [0.5, 0.6) is 0 Å². The number of aryl methyl sites for hydroxylation is 1. The van der Waals surface area contributed by atoms with Crippen LogP contribution >= 0.6 is 35.3 Å². The van der Waals surface area contributed by atoms with Gasteiger partial charge in [0.15, 0.2) is 0 Å². The molecule has 1 heterocycles. The molecule has 0 spiro atoms. The molecule has 0 fully saturated rings. The summed E-state index contributed by atoms with van der Waals surface area (Å²) in [6.45, 7) is 4.58. The van der Waals surface area contributed by atoms with Crippen molar-refractivity contribution in [3.63, 3.8) is 0 Å². The second-order valence-electron chi connectivity index (χ2n) is 2.62. The number of rotatable bonds is 3. The fourth-order valence-corrected chi connectivity index (χ4v) is 1.65. The molecule has 3 nitrogen and oxygen atoms in total. The summed E-state index contributed by atoms with van der Waals surface area (Å²) < 4.78 is 0. The van der Waals surface area contributed by atoms with Gasteiger partial charge in [-0.15, -0.1) is 35.3 Å². The third kappa shape index (κ3) is 5.20. The monoisotopic (exact) mass is 311 g/mol. The Morgan fingerprint density at radius 3 is 2.85 bits per heavy atom. The van der Waals surface area contributed by atoms with Crippen molar-refractivity contribution in [2.24, 2.45) is 10.7 Å². The van der Waals surface area contributed by atoms with Crippen LogP contribution in [0.25, 0.3) is 0 Å². The van der Waals surface area contributed by atoms with E-state index in [-0.39, 0.29) is 24.0 Å². The second kappa shape index (κ2) is 6.31. The Labute approximate surface area is 99.5 Å². The molecular weight excluding hydrogens is 297 g/mol. The number of nitrogens with two attached hydrogens (primary N) is 1. The second-order valence-corrected chi connectivity index (χ2v) is 3.94.